The molecule has 7 heteroatoms. The van der Waals surface area contributed by atoms with Crippen molar-refractivity contribution in [3.63, 3.8) is 0 Å². The molecule has 1 aliphatic rings. The van der Waals surface area contributed by atoms with Crippen molar-refractivity contribution in [1.82, 2.24) is 10.6 Å². The maximum atomic E-state index is 12.7. The molecule has 1 saturated heterocycles. The van der Waals surface area contributed by atoms with E-state index in [4.69, 9.17) is 5.11 Å². The van der Waals surface area contributed by atoms with Crippen LogP contribution in [-0.4, -0.2) is 35.2 Å². The zero-order valence-corrected chi connectivity index (χ0v) is 5.70. The van der Waals surface area contributed by atoms with Crippen LogP contribution in [0.25, 0.3) is 0 Å². The topological polar surface area (TPSA) is 95.5 Å². The van der Waals surface area contributed by atoms with Crippen LogP contribution >= 0.6 is 0 Å². The van der Waals surface area contributed by atoms with Crippen LogP contribution in [0, 0.1) is 0 Å². The molecule has 2 atom stereocenters. The number of carboxylic acids is 1. The van der Waals surface area contributed by atoms with Gasteiger partial charge in [-0.05, 0) is 0 Å². The fraction of sp³-hybridized carbons (Fsp3) is 0.400. The number of urea groups is 1. The largest absolute Gasteiger partial charge is 0.480 e. The molecule has 0 bridgehead atoms. The van der Waals surface area contributed by atoms with Crippen molar-refractivity contribution in [2.75, 3.05) is 0 Å². The number of carbonyl (C=O) groups is 3. The molecule has 3 N–H and O–H groups in total. The molecule has 12 heavy (non-hydrogen) atoms. The van der Waals surface area contributed by atoms with Crippen LogP contribution in [0.5, 0.6) is 0 Å². The number of imide groups is 1. The number of hydrogen-bond donors (Lipinski definition) is 3. The smallest absolute Gasteiger partial charge is 0.329 e. The Kier molecular flexibility index (Phi) is 1.94. The number of carboxylic acid groups (broad SMARTS) is 1. The monoisotopic (exact) mass is 176 g/mol. The van der Waals surface area contributed by atoms with Gasteiger partial charge in [0.15, 0.2) is 6.04 Å². The van der Waals surface area contributed by atoms with Gasteiger partial charge in [0, 0.05) is 0 Å². The van der Waals surface area contributed by atoms with Crippen molar-refractivity contribution in [3.05, 3.63) is 0 Å². The quantitative estimate of drug-likeness (QED) is 0.458. The van der Waals surface area contributed by atoms with Crippen LogP contribution in [0.4, 0.5) is 9.18 Å². The second kappa shape index (κ2) is 2.76. The minimum Gasteiger partial charge on any atom is -0.480 e. The lowest BCUT2D eigenvalue weighted by atomic mass is 10.1. The van der Waals surface area contributed by atoms with Gasteiger partial charge in [-0.2, -0.15) is 0 Å². The third kappa shape index (κ3) is 1.34. The lowest BCUT2D eigenvalue weighted by molar-refractivity contribution is -0.145. The number of carbonyl (C=O) groups excluding carboxylic acids is 2. The fourth-order valence-corrected chi connectivity index (χ4v) is 0.770. The highest BCUT2D eigenvalue weighted by Gasteiger charge is 2.40. The van der Waals surface area contributed by atoms with E-state index >= 15 is 0 Å². The summed E-state index contributed by atoms with van der Waals surface area (Å²) in [5, 5.41) is 11.6. The molecule has 6 nitrogen and oxygen atoms in total. The van der Waals surface area contributed by atoms with Gasteiger partial charge in [-0.1, -0.05) is 0 Å². The lowest BCUT2D eigenvalue weighted by Gasteiger charge is -2.22. The van der Waals surface area contributed by atoms with Gasteiger partial charge in [-0.3, -0.25) is 10.1 Å². The molecule has 1 heterocycles. The second-order valence-corrected chi connectivity index (χ2v) is 2.18. The average molecular weight is 176 g/mol. The predicted molar refractivity (Wildman–Crippen MR) is 33.0 cm³/mol. The summed E-state index contributed by atoms with van der Waals surface area (Å²) in [7, 11) is 0. The Balaban J connectivity index is 2.79. The van der Waals surface area contributed by atoms with Gasteiger partial charge >= 0.3 is 12.0 Å². The third-order valence-electron chi connectivity index (χ3n) is 1.33. The Hall–Kier alpha value is -1.66. The molecule has 3 amide bonds. The summed E-state index contributed by atoms with van der Waals surface area (Å²) in [6.07, 6.45) is -2.24. The van der Waals surface area contributed by atoms with Crippen LogP contribution in [0.15, 0.2) is 0 Å². The molecule has 1 aliphatic heterocycles. The molecule has 0 aliphatic carbocycles. The van der Waals surface area contributed by atoms with E-state index in [1.54, 1.807) is 10.6 Å². The summed E-state index contributed by atoms with van der Waals surface area (Å²) >= 11 is 0. The number of rotatable bonds is 1. The highest BCUT2D eigenvalue weighted by atomic mass is 19.1. The van der Waals surface area contributed by atoms with E-state index < -0.39 is 30.1 Å². The Morgan fingerprint density at radius 2 is 2.08 bits per heavy atom. The normalized spacial score (nSPS) is 29.1. The highest BCUT2D eigenvalue weighted by molar-refractivity contribution is 6.03. The number of halogens is 1. The summed E-state index contributed by atoms with van der Waals surface area (Å²) in [4.78, 5) is 31.2. The van der Waals surface area contributed by atoms with E-state index in [2.05, 4.69) is 0 Å². The number of alkyl halides is 1. The first-order chi connectivity index (χ1) is 5.52. The molecule has 0 saturated carbocycles. The first-order valence-corrected chi connectivity index (χ1v) is 3.00. The van der Waals surface area contributed by atoms with Crippen LogP contribution in [0.3, 0.4) is 0 Å². The minimum absolute atomic E-state index is 0.999. The van der Waals surface area contributed by atoms with Crippen LogP contribution in [-0.2, 0) is 9.59 Å². The van der Waals surface area contributed by atoms with Gasteiger partial charge in [0.25, 0.3) is 5.91 Å². The van der Waals surface area contributed by atoms with Gasteiger partial charge in [-0.25, -0.2) is 14.0 Å². The molecule has 0 unspecified atom stereocenters. The second-order valence-electron chi connectivity index (χ2n) is 2.18. The molecule has 0 radical (unpaired) electrons. The highest BCUT2D eigenvalue weighted by Crippen LogP contribution is 2.04. The van der Waals surface area contributed by atoms with Crippen LogP contribution < -0.4 is 10.6 Å². The lowest BCUT2D eigenvalue weighted by Crippen LogP contribution is -2.62. The van der Waals surface area contributed by atoms with Crippen molar-refractivity contribution in [2.45, 2.75) is 12.2 Å². The molecule has 0 aromatic rings. The predicted octanol–water partition coefficient (Wildman–Crippen LogP) is -1.38. The first kappa shape index (κ1) is 8.44. The summed E-state index contributed by atoms with van der Waals surface area (Å²) < 4.78 is 12.7. The van der Waals surface area contributed by atoms with Crippen molar-refractivity contribution in [3.8, 4) is 0 Å². The van der Waals surface area contributed by atoms with Gasteiger partial charge < -0.3 is 10.4 Å². The molecule has 0 aromatic heterocycles. The van der Waals surface area contributed by atoms with E-state index in [9.17, 15) is 18.8 Å². The molecule has 66 valence electrons. The Bertz CT molecular complexity index is 254. The summed E-state index contributed by atoms with van der Waals surface area (Å²) in [6.45, 7) is 0. The fourth-order valence-electron chi connectivity index (χ4n) is 0.770. The van der Waals surface area contributed by atoms with E-state index in [1.165, 1.54) is 0 Å². The third-order valence-corrected chi connectivity index (χ3v) is 1.33. The molecule has 0 aromatic carbocycles. The van der Waals surface area contributed by atoms with Crippen LogP contribution in [0.2, 0.25) is 0 Å². The first-order valence-electron chi connectivity index (χ1n) is 3.00. The summed E-state index contributed by atoms with van der Waals surface area (Å²) in [5.74, 6) is -2.81. The van der Waals surface area contributed by atoms with Gasteiger partial charge in [-0.15, -0.1) is 0 Å². The molecule has 1 fully saturated rings. The Morgan fingerprint density at radius 3 is 2.58 bits per heavy atom. The maximum absolute atomic E-state index is 12.7. The molecular formula is C5H5FN2O4. The van der Waals surface area contributed by atoms with E-state index in [1.807, 2.05) is 0 Å². The average Bonchev–Trinajstić information content (AvgIpc) is 1.96. The standard InChI is InChI=1S/C5H5FN2O4/c6-1-2(4(10)11)7-5(12)8-3(1)9/h1-2H,(H,10,11)(H2,7,8,9,12)/t1-,2+/m1/s1. The minimum atomic E-state index is -2.24. The van der Waals surface area contributed by atoms with Crippen molar-refractivity contribution < 1.29 is 23.9 Å². The maximum Gasteiger partial charge on any atom is 0.329 e. The Labute approximate surface area is 65.7 Å². The SMILES string of the molecule is O=C1NC(=O)[C@H](F)[C@@H](C(=O)O)N1. The molecule has 0 spiro atoms. The number of hydrogen-bond acceptors (Lipinski definition) is 3. The molecule has 1 rings (SSSR count). The van der Waals surface area contributed by atoms with E-state index in [0.29, 0.717) is 0 Å². The Morgan fingerprint density at radius 1 is 1.50 bits per heavy atom. The number of nitrogens with one attached hydrogen (secondary N) is 2. The zero-order chi connectivity index (χ0) is 9.30. The van der Waals surface area contributed by atoms with E-state index in [-0.39, 0.29) is 0 Å². The summed E-state index contributed by atoms with van der Waals surface area (Å²) in [6, 6.07) is -2.78. The van der Waals surface area contributed by atoms with Crippen molar-refractivity contribution >= 4 is 17.9 Å². The van der Waals surface area contributed by atoms with Gasteiger partial charge in [0.05, 0.1) is 0 Å². The number of aliphatic carboxylic acids is 1. The summed E-state index contributed by atoms with van der Waals surface area (Å²) in [5.41, 5.74) is 0. The van der Waals surface area contributed by atoms with E-state index in [0.717, 1.165) is 0 Å². The van der Waals surface area contributed by atoms with Gasteiger partial charge in [0.1, 0.15) is 0 Å². The zero-order valence-electron chi connectivity index (χ0n) is 5.70. The number of amides is 3. The van der Waals surface area contributed by atoms with Crippen molar-refractivity contribution in [2.24, 2.45) is 0 Å². The van der Waals surface area contributed by atoms with Crippen molar-refractivity contribution in [1.29, 1.82) is 0 Å². The van der Waals surface area contributed by atoms with Crippen LogP contribution in [0.1, 0.15) is 0 Å². The molecular weight excluding hydrogens is 171 g/mol. The van der Waals surface area contributed by atoms with Gasteiger partial charge in [0.2, 0.25) is 6.17 Å².